The second-order valence-corrected chi connectivity index (χ2v) is 7.72. The van der Waals surface area contributed by atoms with Crippen molar-refractivity contribution in [2.45, 2.75) is 19.4 Å². The maximum Gasteiger partial charge on any atom is 0.273 e. The zero-order chi connectivity index (χ0) is 21.5. The van der Waals surface area contributed by atoms with Gasteiger partial charge in [-0.25, -0.2) is 4.68 Å². The Morgan fingerprint density at radius 2 is 1.97 bits per heavy atom. The van der Waals surface area contributed by atoms with Crippen molar-refractivity contribution in [3.63, 3.8) is 0 Å². The highest BCUT2D eigenvalue weighted by atomic mass is 16.2. The summed E-state index contributed by atoms with van der Waals surface area (Å²) in [7, 11) is 3.54. The number of aromatic nitrogens is 4. The van der Waals surface area contributed by atoms with E-state index in [0.717, 1.165) is 35.6 Å². The minimum absolute atomic E-state index is 0.0369. The predicted octanol–water partition coefficient (Wildman–Crippen LogP) is 2.06. The van der Waals surface area contributed by atoms with Crippen LogP contribution in [0.3, 0.4) is 0 Å². The molecule has 2 aliphatic rings. The summed E-state index contributed by atoms with van der Waals surface area (Å²) >= 11 is 0. The molecule has 0 spiro atoms. The van der Waals surface area contributed by atoms with Crippen molar-refractivity contribution >= 4 is 34.7 Å². The average molecular weight is 418 g/mol. The van der Waals surface area contributed by atoms with Crippen LogP contribution in [-0.4, -0.2) is 45.9 Å². The van der Waals surface area contributed by atoms with Crippen LogP contribution in [0.1, 0.15) is 29.0 Å². The molecule has 1 aliphatic heterocycles. The van der Waals surface area contributed by atoms with E-state index in [1.807, 2.05) is 36.0 Å². The summed E-state index contributed by atoms with van der Waals surface area (Å²) in [4.78, 5) is 26.7. The fourth-order valence-electron chi connectivity index (χ4n) is 3.75. The van der Waals surface area contributed by atoms with Crippen molar-refractivity contribution in [3.8, 4) is 5.69 Å². The van der Waals surface area contributed by atoms with E-state index >= 15 is 0 Å². The number of rotatable bonds is 5. The van der Waals surface area contributed by atoms with Crippen LogP contribution in [0, 0.1) is 5.92 Å². The van der Waals surface area contributed by atoms with Crippen LogP contribution in [0.25, 0.3) is 5.69 Å². The summed E-state index contributed by atoms with van der Waals surface area (Å²) < 4.78 is 1.91. The topological polar surface area (TPSA) is 117 Å². The van der Waals surface area contributed by atoms with E-state index in [0.29, 0.717) is 18.1 Å². The maximum absolute atomic E-state index is 12.4. The number of anilines is 4. The quantitative estimate of drug-likeness (QED) is 0.581. The minimum Gasteiger partial charge on any atom is -0.365 e. The van der Waals surface area contributed by atoms with Crippen molar-refractivity contribution in [3.05, 3.63) is 47.9 Å². The Balaban J connectivity index is 1.54. The first-order valence-corrected chi connectivity index (χ1v) is 10.1. The summed E-state index contributed by atoms with van der Waals surface area (Å²) in [5.41, 5.74) is 4.36. The molecule has 2 aromatic heterocycles. The minimum atomic E-state index is -0.373. The molecule has 1 fully saturated rings. The molecule has 2 amide bonds. The van der Waals surface area contributed by atoms with Crippen LogP contribution in [-0.2, 0) is 11.3 Å². The molecule has 1 aromatic carbocycles. The Kier molecular flexibility index (Phi) is 4.54. The van der Waals surface area contributed by atoms with Gasteiger partial charge in [-0.3, -0.25) is 9.59 Å². The van der Waals surface area contributed by atoms with Crippen molar-refractivity contribution in [1.29, 1.82) is 0 Å². The van der Waals surface area contributed by atoms with Crippen LogP contribution < -0.4 is 20.9 Å². The van der Waals surface area contributed by atoms with E-state index in [9.17, 15) is 9.59 Å². The first kappa shape index (κ1) is 19.0. The van der Waals surface area contributed by atoms with Crippen LogP contribution >= 0.6 is 0 Å². The maximum atomic E-state index is 12.4. The molecule has 0 unspecified atom stereocenters. The van der Waals surface area contributed by atoms with Gasteiger partial charge in [-0.2, -0.15) is 5.10 Å². The van der Waals surface area contributed by atoms with Crippen molar-refractivity contribution < 1.29 is 9.59 Å². The number of para-hydroxylation sites is 1. The molecule has 0 saturated heterocycles. The number of amides is 2. The summed E-state index contributed by atoms with van der Waals surface area (Å²) in [6.45, 7) is 0.700. The first-order chi connectivity index (χ1) is 15.0. The van der Waals surface area contributed by atoms with E-state index < -0.39 is 0 Å². The molecular weight excluding hydrogens is 396 g/mol. The molecule has 0 radical (unpaired) electrons. The zero-order valence-electron chi connectivity index (χ0n) is 17.2. The number of nitrogens with zero attached hydrogens (tertiary/aromatic N) is 5. The predicted molar refractivity (Wildman–Crippen MR) is 116 cm³/mol. The van der Waals surface area contributed by atoms with E-state index in [1.165, 1.54) is 7.05 Å². The Morgan fingerprint density at radius 3 is 2.74 bits per heavy atom. The molecule has 1 aliphatic carbocycles. The van der Waals surface area contributed by atoms with E-state index in [-0.39, 0.29) is 23.4 Å². The van der Waals surface area contributed by atoms with Crippen LogP contribution in [0.15, 0.2) is 36.5 Å². The molecule has 3 aromatic rings. The Morgan fingerprint density at radius 1 is 1.13 bits per heavy atom. The molecule has 10 heteroatoms. The van der Waals surface area contributed by atoms with Gasteiger partial charge in [0, 0.05) is 32.3 Å². The van der Waals surface area contributed by atoms with Gasteiger partial charge in [-0.05, 0) is 31.0 Å². The molecule has 158 valence electrons. The largest absolute Gasteiger partial charge is 0.365 e. The van der Waals surface area contributed by atoms with E-state index in [2.05, 4.69) is 36.1 Å². The first-order valence-electron chi connectivity index (χ1n) is 10.1. The number of hydrogen-bond acceptors (Lipinski definition) is 7. The number of carbonyl (C=O) groups excluding carboxylic acids is 2. The van der Waals surface area contributed by atoms with Gasteiger partial charge in [-0.1, -0.05) is 6.07 Å². The fourth-order valence-corrected chi connectivity index (χ4v) is 3.75. The molecule has 31 heavy (non-hydrogen) atoms. The van der Waals surface area contributed by atoms with Gasteiger partial charge in [0.2, 0.25) is 5.91 Å². The van der Waals surface area contributed by atoms with Crippen molar-refractivity contribution in [2.24, 2.45) is 5.92 Å². The van der Waals surface area contributed by atoms with Gasteiger partial charge < -0.3 is 20.9 Å². The molecular formula is C21H22N8O2. The summed E-state index contributed by atoms with van der Waals surface area (Å²) in [6, 6.07) is 9.48. The van der Waals surface area contributed by atoms with Gasteiger partial charge in [-0.15, -0.1) is 10.2 Å². The lowest BCUT2D eigenvalue weighted by atomic mass is 10.1. The number of hydrogen-bond donors (Lipinski definition) is 3. The standard InChI is InChI=1S/C21H22N8O2/c1-22-21(31)18-15(10-17(26-27-18)25-20(30)12-6-7-12)24-14-4-3-5-16-19(14)28(2)11-13-8-9-23-29(13)16/h3-5,8-10,12H,6-7,11H2,1-2H3,(H,22,31)(H2,24,25,26,30). The lowest BCUT2D eigenvalue weighted by Crippen LogP contribution is -2.27. The zero-order valence-corrected chi connectivity index (χ0v) is 17.2. The third-order valence-corrected chi connectivity index (χ3v) is 5.45. The number of fused-ring (bicyclic) bond motifs is 3. The van der Waals surface area contributed by atoms with E-state index in [4.69, 9.17) is 0 Å². The summed E-state index contributed by atoms with van der Waals surface area (Å²) in [6.07, 6.45) is 3.56. The lowest BCUT2D eigenvalue weighted by Gasteiger charge is -2.30. The molecule has 0 atom stereocenters. The monoisotopic (exact) mass is 418 g/mol. The Bertz CT molecular complexity index is 1180. The third kappa shape index (κ3) is 3.45. The van der Waals surface area contributed by atoms with Gasteiger partial charge in [0.05, 0.1) is 35.0 Å². The smallest absolute Gasteiger partial charge is 0.273 e. The SMILES string of the molecule is CNC(=O)c1nnc(NC(=O)C2CC2)cc1Nc1cccc2c1N(C)Cc1ccnn1-2. The number of carbonyl (C=O) groups is 2. The third-order valence-electron chi connectivity index (χ3n) is 5.45. The molecule has 0 bridgehead atoms. The molecule has 1 saturated carbocycles. The van der Waals surface area contributed by atoms with Crippen LogP contribution in [0.5, 0.6) is 0 Å². The molecule has 3 heterocycles. The summed E-state index contributed by atoms with van der Waals surface area (Å²) in [5, 5.41) is 21.2. The highest BCUT2D eigenvalue weighted by molar-refractivity contribution is 6.00. The molecule has 10 nitrogen and oxygen atoms in total. The molecule has 3 N–H and O–H groups in total. The van der Waals surface area contributed by atoms with Gasteiger partial charge in [0.15, 0.2) is 11.5 Å². The lowest BCUT2D eigenvalue weighted by molar-refractivity contribution is -0.117. The van der Waals surface area contributed by atoms with Gasteiger partial charge >= 0.3 is 0 Å². The second-order valence-electron chi connectivity index (χ2n) is 7.72. The second kappa shape index (κ2) is 7.38. The van der Waals surface area contributed by atoms with Gasteiger partial charge in [0.1, 0.15) is 0 Å². The summed E-state index contributed by atoms with van der Waals surface area (Å²) in [5.74, 6) is -0.104. The highest BCUT2D eigenvalue weighted by Crippen LogP contribution is 2.38. The van der Waals surface area contributed by atoms with Crippen LogP contribution in [0.2, 0.25) is 0 Å². The van der Waals surface area contributed by atoms with Gasteiger partial charge in [0.25, 0.3) is 5.91 Å². The number of benzene rings is 1. The van der Waals surface area contributed by atoms with Crippen LogP contribution in [0.4, 0.5) is 22.9 Å². The normalized spacial score (nSPS) is 14.5. The van der Waals surface area contributed by atoms with Crippen molar-refractivity contribution in [2.75, 3.05) is 29.6 Å². The van der Waals surface area contributed by atoms with Crippen molar-refractivity contribution in [1.82, 2.24) is 25.3 Å². The number of nitrogens with one attached hydrogen (secondary N) is 3. The fraction of sp³-hybridized carbons (Fsp3) is 0.286. The highest BCUT2D eigenvalue weighted by Gasteiger charge is 2.30. The Labute approximate surface area is 178 Å². The average Bonchev–Trinajstić information content (AvgIpc) is 3.52. The Hall–Kier alpha value is -3.95. The van der Waals surface area contributed by atoms with E-state index in [1.54, 1.807) is 12.3 Å². The molecule has 5 rings (SSSR count).